The average Bonchev–Trinajstić information content (AvgIpc) is 2.41. The van der Waals surface area contributed by atoms with Gasteiger partial charge in [-0.05, 0) is 41.1 Å². The first-order chi connectivity index (χ1) is 9.50. The van der Waals surface area contributed by atoms with Gasteiger partial charge in [-0.1, -0.05) is 18.2 Å². The molecule has 0 aromatic heterocycles. The molecule has 3 nitrogen and oxygen atoms in total. The molecule has 0 saturated heterocycles. The zero-order chi connectivity index (χ0) is 14.7. The highest BCUT2D eigenvalue weighted by Gasteiger charge is 2.12. The van der Waals surface area contributed by atoms with Crippen molar-refractivity contribution in [3.05, 3.63) is 63.4 Å². The Balaban J connectivity index is 2.21. The van der Waals surface area contributed by atoms with Crippen molar-refractivity contribution in [2.24, 2.45) is 0 Å². The molecule has 1 N–H and O–H groups in total. The van der Waals surface area contributed by atoms with E-state index in [0.29, 0.717) is 21.3 Å². The normalized spacial score (nSPS) is 10.3. The van der Waals surface area contributed by atoms with Gasteiger partial charge in [0.05, 0.1) is 10.0 Å². The van der Waals surface area contributed by atoms with Crippen LogP contribution in [0.3, 0.4) is 0 Å². The molecule has 2 rings (SSSR count). The second-order valence-corrected chi connectivity index (χ2v) is 5.03. The van der Waals surface area contributed by atoms with E-state index >= 15 is 0 Å². The first kappa shape index (κ1) is 14.5. The van der Waals surface area contributed by atoms with Crippen LogP contribution in [0.2, 0.25) is 0 Å². The number of hydrogen-bond donors (Lipinski definition) is 1. The summed E-state index contributed by atoms with van der Waals surface area (Å²) in [6, 6.07) is 9.51. The largest absolute Gasteiger partial charge is 0.489 e. The van der Waals surface area contributed by atoms with Crippen LogP contribution in [0.5, 0.6) is 5.75 Å². The Morgan fingerprint density at radius 1 is 1.30 bits per heavy atom. The van der Waals surface area contributed by atoms with Crippen LogP contribution in [-0.4, -0.2) is 11.1 Å². The van der Waals surface area contributed by atoms with Crippen molar-refractivity contribution in [2.45, 2.75) is 13.5 Å². The van der Waals surface area contributed by atoms with Crippen LogP contribution in [0, 0.1) is 12.7 Å². The fraction of sp³-hybridized carbons (Fsp3) is 0.133. The Morgan fingerprint density at radius 2 is 2.00 bits per heavy atom. The zero-order valence-corrected chi connectivity index (χ0v) is 12.3. The number of carbonyl (C=O) groups is 1. The Bertz CT molecular complexity index is 656. The first-order valence-corrected chi connectivity index (χ1v) is 6.68. The van der Waals surface area contributed by atoms with E-state index in [4.69, 9.17) is 9.84 Å². The molecule has 0 aliphatic heterocycles. The van der Waals surface area contributed by atoms with Crippen molar-refractivity contribution >= 4 is 21.9 Å². The van der Waals surface area contributed by atoms with Gasteiger partial charge in [0.15, 0.2) is 0 Å². The van der Waals surface area contributed by atoms with Crippen molar-refractivity contribution in [1.82, 2.24) is 0 Å². The third kappa shape index (κ3) is 2.99. The predicted molar refractivity (Wildman–Crippen MR) is 76.6 cm³/mol. The summed E-state index contributed by atoms with van der Waals surface area (Å²) in [4.78, 5) is 11.0. The average molecular weight is 339 g/mol. The number of rotatable bonds is 4. The minimum absolute atomic E-state index is 0.155. The molecule has 2 aromatic carbocycles. The number of carboxylic acid groups (broad SMARTS) is 1. The molecule has 2 aromatic rings. The zero-order valence-electron chi connectivity index (χ0n) is 10.7. The summed E-state index contributed by atoms with van der Waals surface area (Å²) in [5.41, 5.74) is 1.40. The van der Waals surface area contributed by atoms with Crippen LogP contribution >= 0.6 is 15.9 Å². The molecule has 0 atom stereocenters. The number of carboxylic acids is 1. The second kappa shape index (κ2) is 6.05. The highest BCUT2D eigenvalue weighted by molar-refractivity contribution is 9.10. The quantitative estimate of drug-likeness (QED) is 0.909. The SMILES string of the molecule is Cc1c(OCc2cccc(F)c2Br)cccc1C(=O)O. The van der Waals surface area contributed by atoms with Gasteiger partial charge in [0, 0.05) is 11.1 Å². The molecular weight excluding hydrogens is 327 g/mol. The van der Waals surface area contributed by atoms with Gasteiger partial charge >= 0.3 is 5.97 Å². The molecule has 0 spiro atoms. The summed E-state index contributed by atoms with van der Waals surface area (Å²) >= 11 is 3.16. The third-order valence-electron chi connectivity index (χ3n) is 2.93. The fourth-order valence-electron chi connectivity index (χ4n) is 1.82. The first-order valence-electron chi connectivity index (χ1n) is 5.89. The van der Waals surface area contributed by atoms with E-state index < -0.39 is 5.97 Å². The highest BCUT2D eigenvalue weighted by atomic mass is 79.9. The van der Waals surface area contributed by atoms with Crippen LogP contribution in [0.15, 0.2) is 40.9 Å². The Labute approximate surface area is 124 Å². The lowest BCUT2D eigenvalue weighted by molar-refractivity contribution is 0.0695. The molecule has 0 aliphatic carbocycles. The van der Waals surface area contributed by atoms with E-state index in [1.807, 2.05) is 0 Å². The van der Waals surface area contributed by atoms with Crippen molar-refractivity contribution < 1.29 is 19.0 Å². The Morgan fingerprint density at radius 3 is 2.70 bits per heavy atom. The molecule has 104 valence electrons. The van der Waals surface area contributed by atoms with E-state index in [2.05, 4.69) is 15.9 Å². The Kier molecular flexibility index (Phi) is 4.39. The van der Waals surface area contributed by atoms with Crippen molar-refractivity contribution in [1.29, 1.82) is 0 Å². The number of halogens is 2. The van der Waals surface area contributed by atoms with Gasteiger partial charge in [0.1, 0.15) is 18.2 Å². The minimum Gasteiger partial charge on any atom is -0.489 e. The monoisotopic (exact) mass is 338 g/mol. The maximum absolute atomic E-state index is 13.4. The van der Waals surface area contributed by atoms with E-state index in [9.17, 15) is 9.18 Å². The summed E-state index contributed by atoms with van der Waals surface area (Å²) in [7, 11) is 0. The summed E-state index contributed by atoms with van der Waals surface area (Å²) in [5, 5.41) is 9.04. The highest BCUT2D eigenvalue weighted by Crippen LogP contribution is 2.25. The predicted octanol–water partition coefficient (Wildman–Crippen LogP) is 4.17. The number of aromatic carboxylic acids is 1. The molecule has 0 unspecified atom stereocenters. The van der Waals surface area contributed by atoms with Gasteiger partial charge < -0.3 is 9.84 Å². The molecule has 0 bridgehead atoms. The smallest absolute Gasteiger partial charge is 0.336 e. The van der Waals surface area contributed by atoms with E-state index in [1.165, 1.54) is 12.1 Å². The molecule has 0 saturated carbocycles. The topological polar surface area (TPSA) is 46.5 Å². The van der Waals surface area contributed by atoms with Crippen LogP contribution in [-0.2, 0) is 6.61 Å². The van der Waals surface area contributed by atoms with Crippen LogP contribution in [0.4, 0.5) is 4.39 Å². The molecule has 0 fully saturated rings. The third-order valence-corrected chi connectivity index (χ3v) is 3.82. The van der Waals surface area contributed by atoms with Gasteiger partial charge in [-0.2, -0.15) is 0 Å². The van der Waals surface area contributed by atoms with Gasteiger partial charge in [-0.3, -0.25) is 0 Å². The molecule has 0 radical (unpaired) electrons. The molecule has 5 heteroatoms. The Hall–Kier alpha value is -1.88. The summed E-state index contributed by atoms with van der Waals surface area (Å²) in [6.07, 6.45) is 0. The molecule has 0 amide bonds. The number of hydrogen-bond acceptors (Lipinski definition) is 2. The summed E-state index contributed by atoms with van der Waals surface area (Å²) < 4.78 is 19.3. The molecule has 0 heterocycles. The maximum Gasteiger partial charge on any atom is 0.336 e. The van der Waals surface area contributed by atoms with Crippen molar-refractivity contribution in [2.75, 3.05) is 0 Å². The lowest BCUT2D eigenvalue weighted by atomic mass is 10.1. The van der Waals surface area contributed by atoms with Gasteiger partial charge in [-0.25, -0.2) is 9.18 Å². The van der Waals surface area contributed by atoms with Gasteiger partial charge in [0.25, 0.3) is 0 Å². The van der Waals surface area contributed by atoms with Gasteiger partial charge in [0.2, 0.25) is 0 Å². The lowest BCUT2D eigenvalue weighted by Crippen LogP contribution is -2.04. The number of benzene rings is 2. The lowest BCUT2D eigenvalue weighted by Gasteiger charge is -2.12. The fourth-order valence-corrected chi connectivity index (χ4v) is 2.20. The minimum atomic E-state index is -1.00. The van der Waals surface area contributed by atoms with E-state index in [-0.39, 0.29) is 18.0 Å². The maximum atomic E-state index is 13.4. The summed E-state index contributed by atoms with van der Waals surface area (Å²) in [6.45, 7) is 1.83. The van der Waals surface area contributed by atoms with Crippen LogP contribution in [0.1, 0.15) is 21.5 Å². The summed E-state index contributed by atoms with van der Waals surface area (Å²) in [5.74, 6) is -0.886. The molecular formula is C15H12BrFO3. The van der Waals surface area contributed by atoms with Crippen LogP contribution in [0.25, 0.3) is 0 Å². The molecule has 20 heavy (non-hydrogen) atoms. The van der Waals surface area contributed by atoms with Crippen LogP contribution < -0.4 is 4.74 Å². The van der Waals surface area contributed by atoms with Crippen molar-refractivity contribution in [3.63, 3.8) is 0 Å². The molecule has 0 aliphatic rings. The van der Waals surface area contributed by atoms with E-state index in [1.54, 1.807) is 31.2 Å². The van der Waals surface area contributed by atoms with Gasteiger partial charge in [-0.15, -0.1) is 0 Å². The van der Waals surface area contributed by atoms with E-state index in [0.717, 1.165) is 0 Å². The number of ether oxygens (including phenoxy) is 1. The second-order valence-electron chi connectivity index (χ2n) is 4.24. The van der Waals surface area contributed by atoms with Crippen molar-refractivity contribution in [3.8, 4) is 5.75 Å². The standard InChI is InChI=1S/C15H12BrFO3/c1-9-11(15(18)19)5-3-7-13(9)20-8-10-4-2-6-12(17)14(10)16/h2-7H,8H2,1H3,(H,18,19).